The van der Waals surface area contributed by atoms with Crippen LogP contribution in [0.3, 0.4) is 0 Å². The second-order valence-electron chi connectivity index (χ2n) is 5.77. The number of benzene rings is 2. The Bertz CT molecular complexity index is 1010. The van der Waals surface area contributed by atoms with E-state index in [1.54, 1.807) is 24.4 Å². The van der Waals surface area contributed by atoms with Crippen molar-refractivity contribution in [1.29, 1.82) is 0 Å². The molecule has 0 radical (unpaired) electrons. The number of aromatic amines is 1. The van der Waals surface area contributed by atoms with E-state index in [0.717, 1.165) is 16.9 Å². The summed E-state index contributed by atoms with van der Waals surface area (Å²) in [4.78, 5) is 0. The maximum atomic E-state index is 6.18. The second kappa shape index (κ2) is 8.03. The second-order valence-corrected chi connectivity index (χ2v) is 7.00. The summed E-state index contributed by atoms with van der Waals surface area (Å²) in [6.07, 6.45) is 1.69. The molecule has 0 fully saturated rings. The van der Waals surface area contributed by atoms with Crippen LogP contribution in [0.5, 0.6) is 5.75 Å². The average molecular weight is 407 g/mol. The molecule has 134 valence electrons. The summed E-state index contributed by atoms with van der Waals surface area (Å²) < 4.78 is 7.65. The van der Waals surface area contributed by atoms with E-state index < -0.39 is 0 Å². The molecule has 3 aromatic rings. The Morgan fingerprint density at radius 3 is 2.77 bits per heavy atom. The van der Waals surface area contributed by atoms with Gasteiger partial charge < -0.3 is 4.74 Å². The normalized spacial score (nSPS) is 11.4. The number of hydrogen-bond acceptors (Lipinski definition) is 4. The van der Waals surface area contributed by atoms with E-state index in [0.29, 0.717) is 20.6 Å². The molecule has 0 spiro atoms. The third kappa shape index (κ3) is 4.33. The van der Waals surface area contributed by atoms with E-state index in [4.69, 9.17) is 40.2 Å². The molecule has 0 bridgehead atoms. The fourth-order valence-electron chi connectivity index (χ4n) is 2.29. The molecule has 0 aliphatic carbocycles. The third-order valence-electron chi connectivity index (χ3n) is 3.39. The lowest BCUT2D eigenvalue weighted by molar-refractivity contribution is 0.242. The molecule has 1 N–H and O–H groups in total. The molecule has 0 atom stereocenters. The Kier molecular flexibility index (Phi) is 5.76. The van der Waals surface area contributed by atoms with Crippen molar-refractivity contribution in [2.45, 2.75) is 20.0 Å². The van der Waals surface area contributed by atoms with Crippen molar-refractivity contribution in [2.75, 3.05) is 0 Å². The highest BCUT2D eigenvalue weighted by Gasteiger charge is 2.10. The zero-order chi connectivity index (χ0) is 18.7. The lowest BCUT2D eigenvalue weighted by Gasteiger charge is -2.10. The van der Waals surface area contributed by atoms with E-state index in [9.17, 15) is 0 Å². The standard InChI is InChI=1S/C18H16Cl2N4OS/c1-11(2)25-15-5-3-4-12(8-15)17-22-23-18(26)24(17)21-10-13-6-7-14(19)9-16(13)20/h3-11H,1-2H3,(H,23,26)/b21-10+. The molecule has 1 heterocycles. The number of nitrogens with zero attached hydrogens (tertiary/aromatic N) is 3. The van der Waals surface area contributed by atoms with Crippen molar-refractivity contribution >= 4 is 41.6 Å². The molecule has 0 aliphatic heterocycles. The van der Waals surface area contributed by atoms with Crippen LogP contribution in [0.1, 0.15) is 19.4 Å². The first kappa shape index (κ1) is 18.6. The van der Waals surface area contributed by atoms with Crippen LogP contribution in [-0.4, -0.2) is 27.2 Å². The number of rotatable bonds is 5. The highest BCUT2D eigenvalue weighted by Crippen LogP contribution is 2.24. The fourth-order valence-corrected chi connectivity index (χ4v) is 2.93. The molecule has 2 aromatic carbocycles. The number of nitrogens with one attached hydrogen (secondary N) is 1. The van der Waals surface area contributed by atoms with Crippen LogP contribution in [0.15, 0.2) is 47.6 Å². The Morgan fingerprint density at radius 1 is 1.23 bits per heavy atom. The molecular weight excluding hydrogens is 391 g/mol. The molecule has 0 saturated heterocycles. The summed E-state index contributed by atoms with van der Waals surface area (Å²) in [6.45, 7) is 3.95. The number of aromatic nitrogens is 3. The lowest BCUT2D eigenvalue weighted by Crippen LogP contribution is -2.05. The molecule has 5 nitrogen and oxygen atoms in total. The van der Waals surface area contributed by atoms with Gasteiger partial charge in [0.2, 0.25) is 4.77 Å². The summed E-state index contributed by atoms with van der Waals surface area (Å²) in [5, 5.41) is 12.5. The molecule has 1 aromatic heterocycles. The molecule has 0 unspecified atom stereocenters. The number of hydrogen-bond donors (Lipinski definition) is 1. The monoisotopic (exact) mass is 406 g/mol. The summed E-state index contributed by atoms with van der Waals surface area (Å²) in [5.74, 6) is 1.33. The Labute approximate surface area is 166 Å². The quantitative estimate of drug-likeness (QED) is 0.444. The summed E-state index contributed by atoms with van der Waals surface area (Å²) in [7, 11) is 0. The fraction of sp³-hybridized carbons (Fsp3) is 0.167. The van der Waals surface area contributed by atoms with Gasteiger partial charge >= 0.3 is 0 Å². The van der Waals surface area contributed by atoms with Gasteiger partial charge in [0.25, 0.3) is 0 Å². The molecule has 8 heteroatoms. The Morgan fingerprint density at radius 2 is 2.04 bits per heavy atom. The van der Waals surface area contributed by atoms with Crippen LogP contribution in [0.2, 0.25) is 10.0 Å². The molecule has 0 amide bonds. The van der Waals surface area contributed by atoms with Gasteiger partial charge in [-0.2, -0.15) is 14.9 Å². The minimum absolute atomic E-state index is 0.0798. The van der Waals surface area contributed by atoms with Crippen molar-refractivity contribution in [3.8, 4) is 17.1 Å². The first-order chi connectivity index (χ1) is 12.4. The summed E-state index contributed by atoms with van der Waals surface area (Å²) >= 11 is 17.4. The third-order valence-corrected chi connectivity index (χ3v) is 4.22. The SMILES string of the molecule is CC(C)Oc1cccc(-c2n[nH]c(=S)n2/N=C/c2ccc(Cl)cc2Cl)c1. The molecule has 3 rings (SSSR count). The van der Waals surface area contributed by atoms with E-state index in [1.165, 1.54) is 4.68 Å². The Hall–Kier alpha value is -2.15. The van der Waals surface area contributed by atoms with Crippen LogP contribution in [0, 0.1) is 4.77 Å². The van der Waals surface area contributed by atoms with Crippen molar-refractivity contribution in [3.63, 3.8) is 0 Å². The van der Waals surface area contributed by atoms with Gasteiger partial charge in [0.05, 0.1) is 17.3 Å². The smallest absolute Gasteiger partial charge is 0.216 e. The Balaban J connectivity index is 1.97. The van der Waals surface area contributed by atoms with Gasteiger partial charge in [0, 0.05) is 16.1 Å². The highest BCUT2D eigenvalue weighted by atomic mass is 35.5. The van der Waals surface area contributed by atoms with Gasteiger partial charge in [0.15, 0.2) is 5.82 Å². The zero-order valence-electron chi connectivity index (χ0n) is 14.1. The van der Waals surface area contributed by atoms with Crippen molar-refractivity contribution in [3.05, 3.63) is 62.8 Å². The topological polar surface area (TPSA) is 55.2 Å². The van der Waals surface area contributed by atoms with E-state index in [1.807, 2.05) is 38.1 Å². The van der Waals surface area contributed by atoms with Gasteiger partial charge in [-0.1, -0.05) is 41.4 Å². The maximum absolute atomic E-state index is 6.18. The predicted octanol–water partition coefficient (Wildman–Crippen LogP) is 5.58. The van der Waals surface area contributed by atoms with Crippen LogP contribution in [-0.2, 0) is 0 Å². The number of ether oxygens (including phenoxy) is 1. The molecule has 26 heavy (non-hydrogen) atoms. The van der Waals surface area contributed by atoms with E-state index >= 15 is 0 Å². The van der Waals surface area contributed by atoms with Crippen LogP contribution < -0.4 is 4.74 Å². The molecule has 0 aliphatic rings. The van der Waals surface area contributed by atoms with E-state index in [-0.39, 0.29) is 6.10 Å². The highest BCUT2D eigenvalue weighted by molar-refractivity contribution is 7.71. The van der Waals surface area contributed by atoms with E-state index in [2.05, 4.69) is 15.3 Å². The first-order valence-corrected chi connectivity index (χ1v) is 9.04. The van der Waals surface area contributed by atoms with Gasteiger partial charge in [-0.15, -0.1) is 0 Å². The predicted molar refractivity (Wildman–Crippen MR) is 108 cm³/mol. The van der Waals surface area contributed by atoms with Crippen LogP contribution in [0.4, 0.5) is 0 Å². The lowest BCUT2D eigenvalue weighted by atomic mass is 10.2. The van der Waals surface area contributed by atoms with Crippen molar-refractivity contribution in [1.82, 2.24) is 14.9 Å². The number of H-pyrrole nitrogens is 1. The van der Waals surface area contributed by atoms with Gasteiger partial charge in [0.1, 0.15) is 5.75 Å². The summed E-state index contributed by atoms with van der Waals surface area (Å²) in [5.41, 5.74) is 1.55. The summed E-state index contributed by atoms with van der Waals surface area (Å²) in [6, 6.07) is 12.8. The van der Waals surface area contributed by atoms with Crippen molar-refractivity contribution in [2.24, 2.45) is 5.10 Å². The minimum atomic E-state index is 0.0798. The molecule has 0 saturated carbocycles. The van der Waals surface area contributed by atoms with Gasteiger partial charge in [-0.3, -0.25) is 0 Å². The first-order valence-electron chi connectivity index (χ1n) is 7.88. The van der Waals surface area contributed by atoms with Crippen molar-refractivity contribution < 1.29 is 4.74 Å². The zero-order valence-corrected chi connectivity index (χ0v) is 16.4. The van der Waals surface area contributed by atoms with Gasteiger partial charge in [-0.25, -0.2) is 5.10 Å². The van der Waals surface area contributed by atoms with Crippen LogP contribution in [0.25, 0.3) is 11.4 Å². The molecular formula is C18H16Cl2N4OS. The van der Waals surface area contributed by atoms with Crippen LogP contribution >= 0.6 is 35.4 Å². The maximum Gasteiger partial charge on any atom is 0.216 e. The van der Waals surface area contributed by atoms with Gasteiger partial charge in [-0.05, 0) is 50.3 Å². The minimum Gasteiger partial charge on any atom is -0.491 e. The largest absolute Gasteiger partial charge is 0.491 e. The average Bonchev–Trinajstić information content (AvgIpc) is 2.94. The number of halogens is 2.